The highest BCUT2D eigenvalue weighted by molar-refractivity contribution is 7.09. The van der Waals surface area contributed by atoms with E-state index in [9.17, 15) is 9.59 Å². The Morgan fingerprint density at radius 3 is 2.75 bits per heavy atom. The molecule has 1 aromatic heterocycles. The minimum absolute atomic E-state index is 0.0154. The molecule has 3 rings (SSSR count). The van der Waals surface area contributed by atoms with Crippen LogP contribution >= 0.6 is 11.3 Å². The topological polar surface area (TPSA) is 69.1 Å². The fourth-order valence-corrected chi connectivity index (χ4v) is 4.14. The molecule has 1 unspecified atom stereocenters. The molecule has 0 aliphatic carbocycles. The second-order valence-electron chi connectivity index (χ2n) is 6.99. The van der Waals surface area contributed by atoms with Crippen LogP contribution in [-0.4, -0.2) is 44.8 Å². The molecule has 1 aliphatic rings. The Labute approximate surface area is 169 Å². The lowest BCUT2D eigenvalue weighted by Crippen LogP contribution is -3.13. The molecule has 150 valence electrons. The number of hydrogen-bond acceptors (Lipinski definition) is 5. The fraction of sp³-hybridized carbons (Fsp3) is 0.429. The maximum atomic E-state index is 12.5. The summed E-state index contributed by atoms with van der Waals surface area (Å²) >= 11 is 1.72. The number of quaternary nitrogens is 1. The molecule has 2 atom stereocenters. The first-order valence-electron chi connectivity index (χ1n) is 9.55. The van der Waals surface area contributed by atoms with Crippen molar-refractivity contribution >= 4 is 23.2 Å². The Morgan fingerprint density at radius 2 is 2.11 bits per heavy atom. The number of thiophene rings is 1. The van der Waals surface area contributed by atoms with Crippen LogP contribution in [-0.2, 0) is 27.4 Å². The van der Waals surface area contributed by atoms with Gasteiger partial charge < -0.3 is 19.7 Å². The maximum Gasteiger partial charge on any atom is 0.337 e. The van der Waals surface area contributed by atoms with E-state index in [4.69, 9.17) is 9.47 Å². The van der Waals surface area contributed by atoms with Crippen LogP contribution in [0.3, 0.4) is 0 Å². The van der Waals surface area contributed by atoms with E-state index in [2.05, 4.69) is 16.8 Å². The van der Waals surface area contributed by atoms with Crippen molar-refractivity contribution in [3.8, 4) is 0 Å². The van der Waals surface area contributed by atoms with Crippen LogP contribution < -0.4 is 10.2 Å². The number of nitrogens with one attached hydrogen (secondary N) is 2. The third-order valence-electron chi connectivity index (χ3n) is 4.82. The predicted octanol–water partition coefficient (Wildman–Crippen LogP) is 1.42. The zero-order valence-electron chi connectivity index (χ0n) is 16.1. The van der Waals surface area contributed by atoms with Crippen LogP contribution in [0.2, 0.25) is 0 Å². The molecule has 0 radical (unpaired) electrons. The number of carbonyl (C=O) groups excluding carboxylic acids is 2. The van der Waals surface area contributed by atoms with E-state index in [1.807, 2.05) is 18.2 Å². The van der Waals surface area contributed by atoms with Crippen LogP contribution in [0.5, 0.6) is 0 Å². The Balaban J connectivity index is 1.51. The smallest absolute Gasteiger partial charge is 0.337 e. The molecule has 1 saturated heterocycles. The van der Waals surface area contributed by atoms with Crippen LogP contribution in [0, 0.1) is 0 Å². The Bertz CT molecular complexity index is 755. The summed E-state index contributed by atoms with van der Waals surface area (Å²) in [6.07, 6.45) is 2.42. The first kappa shape index (κ1) is 20.5. The van der Waals surface area contributed by atoms with Gasteiger partial charge in [-0.1, -0.05) is 18.2 Å². The second kappa shape index (κ2) is 10.4. The molecule has 1 amide bonds. The van der Waals surface area contributed by atoms with Gasteiger partial charge in [-0.3, -0.25) is 4.79 Å². The molecular formula is C21H27N2O4S+. The van der Waals surface area contributed by atoms with Crippen molar-refractivity contribution in [1.82, 2.24) is 5.32 Å². The standard InChI is InChI=1S/C21H26N2O4S/c1-26-21(25)17-8-6-16(7-9-17)12-22-20(24)15-23(13-18-4-2-10-27-18)14-19-5-3-11-28-19/h3,5-9,11,18H,2,4,10,12-15H2,1H3,(H,22,24)/p+1/t18-/m0/s1. The minimum Gasteiger partial charge on any atom is -0.465 e. The van der Waals surface area contributed by atoms with Gasteiger partial charge in [0.1, 0.15) is 19.2 Å². The molecule has 6 nitrogen and oxygen atoms in total. The Hall–Kier alpha value is -2.22. The lowest BCUT2D eigenvalue weighted by molar-refractivity contribution is -0.908. The Morgan fingerprint density at radius 1 is 1.29 bits per heavy atom. The predicted molar refractivity (Wildman–Crippen MR) is 107 cm³/mol. The van der Waals surface area contributed by atoms with E-state index in [1.165, 1.54) is 16.9 Å². The fourth-order valence-electron chi connectivity index (χ4n) is 3.36. The number of methoxy groups -OCH3 is 1. The molecule has 0 bridgehead atoms. The van der Waals surface area contributed by atoms with Gasteiger partial charge in [-0.25, -0.2) is 4.79 Å². The van der Waals surface area contributed by atoms with E-state index in [0.717, 1.165) is 38.1 Å². The molecule has 2 heterocycles. The lowest BCUT2D eigenvalue weighted by atomic mass is 10.1. The normalized spacial score (nSPS) is 17.2. The number of rotatable bonds is 9. The average Bonchev–Trinajstić information content (AvgIpc) is 3.40. The molecular weight excluding hydrogens is 376 g/mol. The quantitative estimate of drug-likeness (QED) is 0.622. The van der Waals surface area contributed by atoms with Crippen molar-refractivity contribution in [2.24, 2.45) is 0 Å². The summed E-state index contributed by atoms with van der Waals surface area (Å²) in [7, 11) is 1.36. The van der Waals surface area contributed by atoms with Crippen LogP contribution in [0.25, 0.3) is 0 Å². The number of amides is 1. The van der Waals surface area contributed by atoms with Crippen molar-refractivity contribution in [1.29, 1.82) is 0 Å². The van der Waals surface area contributed by atoms with Crippen molar-refractivity contribution in [2.45, 2.75) is 32.0 Å². The first-order valence-corrected chi connectivity index (χ1v) is 10.4. The van der Waals surface area contributed by atoms with Gasteiger partial charge in [0.15, 0.2) is 6.54 Å². The number of esters is 1. The van der Waals surface area contributed by atoms with E-state index in [0.29, 0.717) is 18.7 Å². The van der Waals surface area contributed by atoms with Gasteiger partial charge in [0.2, 0.25) is 0 Å². The zero-order chi connectivity index (χ0) is 19.8. The van der Waals surface area contributed by atoms with Gasteiger partial charge in [-0.05, 0) is 42.0 Å². The first-order chi connectivity index (χ1) is 13.6. The van der Waals surface area contributed by atoms with Gasteiger partial charge >= 0.3 is 5.97 Å². The zero-order valence-corrected chi connectivity index (χ0v) is 16.9. The van der Waals surface area contributed by atoms with Crippen molar-refractivity contribution in [3.05, 3.63) is 57.8 Å². The summed E-state index contributed by atoms with van der Waals surface area (Å²) in [4.78, 5) is 26.5. The second-order valence-corrected chi connectivity index (χ2v) is 8.02. The summed E-state index contributed by atoms with van der Waals surface area (Å²) < 4.78 is 10.5. The van der Waals surface area contributed by atoms with E-state index >= 15 is 0 Å². The highest BCUT2D eigenvalue weighted by atomic mass is 32.1. The van der Waals surface area contributed by atoms with Crippen LogP contribution in [0.15, 0.2) is 41.8 Å². The van der Waals surface area contributed by atoms with E-state index < -0.39 is 0 Å². The molecule has 0 saturated carbocycles. The highest BCUT2D eigenvalue weighted by Gasteiger charge is 2.24. The van der Waals surface area contributed by atoms with Crippen LogP contribution in [0.4, 0.5) is 0 Å². The maximum absolute atomic E-state index is 12.5. The highest BCUT2D eigenvalue weighted by Crippen LogP contribution is 2.11. The molecule has 0 spiro atoms. The van der Waals surface area contributed by atoms with Gasteiger partial charge in [-0.2, -0.15) is 0 Å². The largest absolute Gasteiger partial charge is 0.465 e. The lowest BCUT2D eigenvalue weighted by Gasteiger charge is -2.21. The number of carbonyl (C=O) groups is 2. The summed E-state index contributed by atoms with van der Waals surface area (Å²) in [5, 5.41) is 5.05. The molecule has 2 aromatic rings. The van der Waals surface area contributed by atoms with E-state index in [-0.39, 0.29) is 18.0 Å². The average molecular weight is 404 g/mol. The number of ether oxygens (including phenoxy) is 2. The molecule has 1 aromatic carbocycles. The SMILES string of the molecule is COC(=O)c1ccc(CNC(=O)C[NH+](Cc2cccs2)C[C@@H]2CCCO2)cc1. The third kappa shape index (κ3) is 6.15. The van der Waals surface area contributed by atoms with Crippen molar-refractivity contribution in [2.75, 3.05) is 26.8 Å². The summed E-state index contributed by atoms with van der Waals surface area (Å²) in [5.74, 6) is -0.348. The van der Waals surface area contributed by atoms with Crippen molar-refractivity contribution < 1.29 is 24.0 Å². The summed E-state index contributed by atoms with van der Waals surface area (Å²) in [6.45, 7) is 3.35. The van der Waals surface area contributed by atoms with Crippen molar-refractivity contribution in [3.63, 3.8) is 0 Å². The summed E-state index contributed by atoms with van der Waals surface area (Å²) in [6, 6.07) is 11.2. The monoisotopic (exact) mass is 403 g/mol. The molecule has 28 heavy (non-hydrogen) atoms. The Kier molecular flexibility index (Phi) is 7.59. The third-order valence-corrected chi connectivity index (χ3v) is 5.70. The van der Waals surface area contributed by atoms with Gasteiger partial charge in [0, 0.05) is 13.2 Å². The molecule has 1 fully saturated rings. The van der Waals surface area contributed by atoms with Gasteiger partial charge in [0.05, 0.1) is 17.6 Å². The van der Waals surface area contributed by atoms with Gasteiger partial charge in [0.25, 0.3) is 5.91 Å². The van der Waals surface area contributed by atoms with E-state index in [1.54, 1.807) is 23.5 Å². The van der Waals surface area contributed by atoms with Gasteiger partial charge in [-0.15, -0.1) is 11.3 Å². The van der Waals surface area contributed by atoms with Crippen LogP contribution in [0.1, 0.15) is 33.6 Å². The number of benzene rings is 1. The molecule has 2 N–H and O–H groups in total. The number of hydrogen-bond donors (Lipinski definition) is 2. The summed E-state index contributed by atoms with van der Waals surface area (Å²) in [5.41, 5.74) is 1.45. The minimum atomic E-state index is -0.363. The molecule has 7 heteroatoms. The molecule has 1 aliphatic heterocycles.